The van der Waals surface area contributed by atoms with E-state index < -0.39 is 0 Å². The Bertz CT molecular complexity index is 370. The molecule has 0 radical (unpaired) electrons. The summed E-state index contributed by atoms with van der Waals surface area (Å²) in [4.78, 5) is 6.85. The molecule has 1 heterocycles. The van der Waals surface area contributed by atoms with Gasteiger partial charge in [0.1, 0.15) is 0 Å². The maximum atomic E-state index is 4.54. The van der Waals surface area contributed by atoms with Crippen LogP contribution in [0.25, 0.3) is 0 Å². The fourth-order valence-corrected chi connectivity index (χ4v) is 2.02. The molecule has 20 heavy (non-hydrogen) atoms. The van der Waals surface area contributed by atoms with Crippen molar-refractivity contribution in [3.63, 3.8) is 0 Å². The van der Waals surface area contributed by atoms with Crippen LogP contribution in [-0.4, -0.2) is 30.0 Å². The molecule has 1 aromatic rings. The summed E-state index contributed by atoms with van der Waals surface area (Å²) in [5.74, 6) is 0.687. The minimum atomic E-state index is 0.687. The predicted molar refractivity (Wildman–Crippen MR) is 86.5 cm³/mol. The number of unbranched alkanes of at least 4 members (excludes halogenated alkanes) is 1. The quantitative estimate of drug-likeness (QED) is 0.525. The predicted octanol–water partition coefficient (Wildman–Crippen LogP) is 3.23. The van der Waals surface area contributed by atoms with Gasteiger partial charge in [-0.1, -0.05) is 26.0 Å². The first-order chi connectivity index (χ1) is 9.61. The second-order valence-corrected chi connectivity index (χ2v) is 5.85. The Morgan fingerprint density at radius 3 is 2.80 bits per heavy atom. The highest BCUT2D eigenvalue weighted by Crippen LogP contribution is 2.04. The van der Waals surface area contributed by atoms with Crippen molar-refractivity contribution < 1.29 is 0 Å². The summed E-state index contributed by atoms with van der Waals surface area (Å²) in [6.07, 6.45) is 6.21. The molecule has 0 atom stereocenters. The number of allylic oxidation sites excluding steroid dienone is 1. The van der Waals surface area contributed by atoms with Crippen LogP contribution in [0.15, 0.2) is 31.0 Å². The van der Waals surface area contributed by atoms with E-state index in [0.29, 0.717) is 5.92 Å². The van der Waals surface area contributed by atoms with Crippen LogP contribution < -0.4 is 5.32 Å². The van der Waals surface area contributed by atoms with Crippen molar-refractivity contribution >= 4 is 0 Å². The molecule has 0 aliphatic heterocycles. The smallest absolute Gasteiger partial charge is 0.0544 e. The zero-order valence-corrected chi connectivity index (χ0v) is 13.2. The average Bonchev–Trinajstić information content (AvgIpc) is 2.41. The van der Waals surface area contributed by atoms with E-state index in [1.54, 1.807) is 0 Å². The van der Waals surface area contributed by atoms with Crippen LogP contribution >= 0.6 is 0 Å². The molecule has 1 N–H and O–H groups in total. The van der Waals surface area contributed by atoms with Crippen LogP contribution in [0.5, 0.6) is 0 Å². The van der Waals surface area contributed by atoms with Crippen molar-refractivity contribution in [1.29, 1.82) is 0 Å². The van der Waals surface area contributed by atoms with Gasteiger partial charge >= 0.3 is 0 Å². The molecular weight excluding hydrogens is 246 g/mol. The van der Waals surface area contributed by atoms with Crippen LogP contribution in [0.3, 0.4) is 0 Å². The van der Waals surface area contributed by atoms with Gasteiger partial charge in [0.2, 0.25) is 0 Å². The van der Waals surface area contributed by atoms with Gasteiger partial charge in [0, 0.05) is 19.3 Å². The van der Waals surface area contributed by atoms with Gasteiger partial charge in [-0.25, -0.2) is 0 Å². The molecule has 0 unspecified atom stereocenters. The number of hydrogen-bond acceptors (Lipinski definition) is 3. The summed E-state index contributed by atoms with van der Waals surface area (Å²) in [6, 6.07) is 4.31. The lowest BCUT2D eigenvalue weighted by Crippen LogP contribution is -2.20. The van der Waals surface area contributed by atoms with Crippen molar-refractivity contribution in [1.82, 2.24) is 15.2 Å². The fraction of sp³-hybridized carbons (Fsp3) is 0.588. The molecular formula is C17H29N3. The molecule has 0 amide bonds. The van der Waals surface area contributed by atoms with E-state index >= 15 is 0 Å². The first kappa shape index (κ1) is 16.9. The van der Waals surface area contributed by atoms with E-state index in [-0.39, 0.29) is 0 Å². The molecule has 1 aromatic heterocycles. The number of nitrogens with one attached hydrogen (secondary N) is 1. The molecule has 0 aliphatic rings. The Morgan fingerprint density at radius 2 is 2.20 bits per heavy atom. The van der Waals surface area contributed by atoms with E-state index in [0.717, 1.165) is 44.7 Å². The fourth-order valence-electron chi connectivity index (χ4n) is 2.02. The highest BCUT2D eigenvalue weighted by molar-refractivity contribution is 5.13. The highest BCUT2D eigenvalue weighted by Gasteiger charge is 2.02. The van der Waals surface area contributed by atoms with Gasteiger partial charge in [0.05, 0.1) is 5.69 Å². The lowest BCUT2D eigenvalue weighted by Gasteiger charge is -2.15. The number of nitrogens with zero attached hydrogens (tertiary/aromatic N) is 2. The van der Waals surface area contributed by atoms with Gasteiger partial charge < -0.3 is 10.2 Å². The molecule has 0 bridgehead atoms. The minimum Gasteiger partial charge on any atom is -0.312 e. The largest absolute Gasteiger partial charge is 0.312 e. The van der Waals surface area contributed by atoms with E-state index in [4.69, 9.17) is 0 Å². The normalized spacial score (nSPS) is 11.2. The van der Waals surface area contributed by atoms with Crippen LogP contribution in [0.4, 0.5) is 0 Å². The van der Waals surface area contributed by atoms with E-state index in [1.165, 1.54) is 5.56 Å². The standard InChI is InChI=1S/C17H29N3/c1-5-6-7-10-20(4)14-17-9-8-16(13-19-17)12-18-11-15(2)3/h5,8-9,13,15,18H,1,6-7,10-12,14H2,2-4H3. The molecule has 0 fully saturated rings. The number of aromatic nitrogens is 1. The molecule has 0 saturated carbocycles. The van der Waals surface area contributed by atoms with Gasteiger partial charge in [0.25, 0.3) is 0 Å². The third-order valence-electron chi connectivity index (χ3n) is 3.15. The topological polar surface area (TPSA) is 28.2 Å². The summed E-state index contributed by atoms with van der Waals surface area (Å²) < 4.78 is 0. The summed E-state index contributed by atoms with van der Waals surface area (Å²) in [7, 11) is 2.14. The maximum absolute atomic E-state index is 4.54. The van der Waals surface area contributed by atoms with Gasteiger partial charge in [0.15, 0.2) is 0 Å². The Hall–Kier alpha value is -1.19. The van der Waals surface area contributed by atoms with Gasteiger partial charge in [-0.05, 0) is 50.5 Å². The molecule has 0 aliphatic carbocycles. The Kier molecular flexibility index (Phi) is 8.16. The Balaban J connectivity index is 2.32. The zero-order chi connectivity index (χ0) is 14.8. The number of rotatable bonds is 10. The van der Waals surface area contributed by atoms with Crippen LogP contribution in [0.2, 0.25) is 0 Å². The second-order valence-electron chi connectivity index (χ2n) is 5.85. The molecule has 3 heteroatoms. The van der Waals surface area contributed by atoms with Crippen molar-refractivity contribution in [2.45, 2.75) is 39.8 Å². The number of hydrogen-bond donors (Lipinski definition) is 1. The lowest BCUT2D eigenvalue weighted by molar-refractivity contribution is 0.319. The molecule has 0 aromatic carbocycles. The summed E-state index contributed by atoms with van der Waals surface area (Å²) >= 11 is 0. The van der Waals surface area contributed by atoms with Crippen molar-refractivity contribution in [2.24, 2.45) is 5.92 Å². The summed E-state index contributed by atoms with van der Waals surface area (Å²) in [6.45, 7) is 12.1. The van der Waals surface area contributed by atoms with Gasteiger partial charge in [-0.15, -0.1) is 6.58 Å². The minimum absolute atomic E-state index is 0.687. The van der Waals surface area contributed by atoms with Crippen molar-refractivity contribution in [3.8, 4) is 0 Å². The van der Waals surface area contributed by atoms with E-state index in [2.05, 4.69) is 54.8 Å². The van der Waals surface area contributed by atoms with Gasteiger partial charge in [-0.3, -0.25) is 4.98 Å². The monoisotopic (exact) mass is 275 g/mol. The van der Waals surface area contributed by atoms with E-state index in [9.17, 15) is 0 Å². The molecule has 1 rings (SSSR count). The van der Waals surface area contributed by atoms with Gasteiger partial charge in [-0.2, -0.15) is 0 Å². The first-order valence-electron chi connectivity index (χ1n) is 7.55. The molecule has 0 saturated heterocycles. The first-order valence-corrected chi connectivity index (χ1v) is 7.55. The van der Waals surface area contributed by atoms with Crippen molar-refractivity contribution in [3.05, 3.63) is 42.2 Å². The SMILES string of the molecule is C=CCCCN(C)Cc1ccc(CNCC(C)C)cn1. The maximum Gasteiger partial charge on any atom is 0.0544 e. The third-order valence-corrected chi connectivity index (χ3v) is 3.15. The second kappa shape index (κ2) is 9.67. The third kappa shape index (κ3) is 7.41. The van der Waals surface area contributed by atoms with Crippen LogP contribution in [0.1, 0.15) is 37.9 Å². The molecule has 0 spiro atoms. The average molecular weight is 275 g/mol. The Labute approximate surface area is 124 Å². The Morgan fingerprint density at radius 1 is 1.40 bits per heavy atom. The zero-order valence-electron chi connectivity index (χ0n) is 13.2. The summed E-state index contributed by atoms with van der Waals surface area (Å²) in [5, 5.41) is 3.44. The highest BCUT2D eigenvalue weighted by atomic mass is 15.1. The summed E-state index contributed by atoms with van der Waals surface area (Å²) in [5.41, 5.74) is 2.39. The number of pyridine rings is 1. The lowest BCUT2D eigenvalue weighted by atomic mass is 10.2. The van der Waals surface area contributed by atoms with Crippen LogP contribution in [-0.2, 0) is 13.1 Å². The molecule has 112 valence electrons. The van der Waals surface area contributed by atoms with Crippen molar-refractivity contribution in [2.75, 3.05) is 20.1 Å². The van der Waals surface area contributed by atoms with Crippen LogP contribution in [0, 0.1) is 5.92 Å². The molecule has 3 nitrogen and oxygen atoms in total. The van der Waals surface area contributed by atoms with E-state index in [1.807, 2.05) is 12.3 Å².